The van der Waals surface area contributed by atoms with Gasteiger partial charge in [-0.15, -0.1) is 0 Å². The smallest absolute Gasteiger partial charge is 0.237 e. The number of rotatable bonds is 6. The van der Waals surface area contributed by atoms with E-state index in [9.17, 15) is 9.59 Å². The van der Waals surface area contributed by atoms with Crippen LogP contribution in [0, 0.1) is 5.92 Å². The van der Waals surface area contributed by atoms with E-state index in [4.69, 9.17) is 9.47 Å². The molecule has 0 spiro atoms. The minimum Gasteiger partial charge on any atom is -0.496 e. The van der Waals surface area contributed by atoms with E-state index in [1.54, 1.807) is 31.4 Å². The summed E-state index contributed by atoms with van der Waals surface area (Å²) in [5, 5.41) is 0. The zero-order valence-corrected chi connectivity index (χ0v) is 14.4. The minimum absolute atomic E-state index is 0.167. The number of nitrogens with zero attached hydrogens (tertiary/aromatic N) is 1. The first-order valence-corrected chi connectivity index (χ1v) is 8.35. The minimum atomic E-state index is -0.365. The summed E-state index contributed by atoms with van der Waals surface area (Å²) in [4.78, 5) is 26.4. The Bertz CT molecular complexity index is 770. The summed E-state index contributed by atoms with van der Waals surface area (Å²) in [6, 6.07) is 14.6. The topological polar surface area (TPSA) is 55.8 Å². The highest BCUT2D eigenvalue weighted by molar-refractivity contribution is 6.21. The van der Waals surface area contributed by atoms with Crippen LogP contribution in [0.25, 0.3) is 0 Å². The third-order valence-corrected chi connectivity index (χ3v) is 4.30. The maximum atomic E-state index is 12.8. The van der Waals surface area contributed by atoms with Crippen molar-refractivity contribution in [3.8, 4) is 11.5 Å². The van der Waals surface area contributed by atoms with Gasteiger partial charge in [0.05, 0.1) is 25.3 Å². The molecular formula is C20H21NO4. The molecule has 25 heavy (non-hydrogen) atoms. The fraction of sp³-hybridized carbons (Fsp3) is 0.300. The first-order chi connectivity index (χ1) is 12.1. The molecule has 0 saturated carbocycles. The van der Waals surface area contributed by atoms with E-state index in [-0.39, 0.29) is 24.2 Å². The average Bonchev–Trinajstić information content (AvgIpc) is 2.90. The van der Waals surface area contributed by atoms with Gasteiger partial charge in [0.2, 0.25) is 11.8 Å². The largest absolute Gasteiger partial charge is 0.496 e. The number of amides is 2. The molecule has 5 nitrogen and oxygen atoms in total. The molecule has 0 bridgehead atoms. The van der Waals surface area contributed by atoms with Crippen molar-refractivity contribution in [1.29, 1.82) is 0 Å². The van der Waals surface area contributed by atoms with Gasteiger partial charge >= 0.3 is 0 Å². The predicted octanol–water partition coefficient (Wildman–Crippen LogP) is 3.22. The molecule has 0 aromatic heterocycles. The molecule has 0 unspecified atom stereocenters. The number of anilines is 1. The van der Waals surface area contributed by atoms with Crippen molar-refractivity contribution < 1.29 is 19.1 Å². The van der Waals surface area contributed by atoms with Crippen LogP contribution in [0.4, 0.5) is 5.69 Å². The molecule has 0 aliphatic carbocycles. The Labute approximate surface area is 147 Å². The molecule has 1 atom stereocenters. The fourth-order valence-electron chi connectivity index (χ4n) is 3.12. The van der Waals surface area contributed by atoms with Crippen molar-refractivity contribution in [2.45, 2.75) is 19.8 Å². The van der Waals surface area contributed by atoms with E-state index in [0.29, 0.717) is 18.7 Å². The van der Waals surface area contributed by atoms with E-state index in [2.05, 4.69) is 0 Å². The Balaban J connectivity index is 1.78. The lowest BCUT2D eigenvalue weighted by Gasteiger charge is -2.16. The molecule has 5 heteroatoms. The lowest BCUT2D eigenvalue weighted by atomic mass is 9.97. The Kier molecular flexibility index (Phi) is 5.03. The molecule has 2 aromatic rings. The molecule has 2 aromatic carbocycles. The van der Waals surface area contributed by atoms with Crippen molar-refractivity contribution in [2.75, 3.05) is 18.6 Å². The normalized spacial score (nSPS) is 17.0. The van der Waals surface area contributed by atoms with Gasteiger partial charge in [0.25, 0.3) is 0 Å². The molecule has 0 N–H and O–H groups in total. The second kappa shape index (κ2) is 7.38. The van der Waals surface area contributed by atoms with Crippen LogP contribution in [0.1, 0.15) is 18.9 Å². The Morgan fingerprint density at radius 3 is 2.48 bits per heavy atom. The molecule has 1 saturated heterocycles. The Morgan fingerprint density at radius 1 is 1.08 bits per heavy atom. The summed E-state index contributed by atoms with van der Waals surface area (Å²) < 4.78 is 10.7. The Hall–Kier alpha value is -2.82. The number of imide groups is 1. The lowest BCUT2D eigenvalue weighted by Crippen LogP contribution is -2.30. The second-order valence-electron chi connectivity index (χ2n) is 5.91. The molecular weight excluding hydrogens is 318 g/mol. The van der Waals surface area contributed by atoms with Crippen LogP contribution in [0.2, 0.25) is 0 Å². The van der Waals surface area contributed by atoms with Crippen LogP contribution in [0.3, 0.4) is 0 Å². The van der Waals surface area contributed by atoms with E-state index in [1.807, 2.05) is 31.2 Å². The number of methoxy groups -OCH3 is 1. The molecule has 130 valence electrons. The van der Waals surface area contributed by atoms with Gasteiger partial charge in [-0.2, -0.15) is 0 Å². The number of hydrogen-bond donors (Lipinski definition) is 0. The summed E-state index contributed by atoms with van der Waals surface area (Å²) >= 11 is 0. The zero-order chi connectivity index (χ0) is 17.8. The maximum Gasteiger partial charge on any atom is 0.237 e. The van der Waals surface area contributed by atoms with Crippen LogP contribution in [-0.4, -0.2) is 25.5 Å². The molecule has 0 radical (unpaired) electrons. The monoisotopic (exact) mass is 339 g/mol. The van der Waals surface area contributed by atoms with Gasteiger partial charge in [-0.3, -0.25) is 14.5 Å². The summed E-state index contributed by atoms with van der Waals surface area (Å²) in [5.74, 6) is 0.752. The number of hydrogen-bond acceptors (Lipinski definition) is 4. The van der Waals surface area contributed by atoms with Crippen LogP contribution in [0.15, 0.2) is 48.5 Å². The molecule has 1 aliphatic rings. The first-order valence-electron chi connectivity index (χ1n) is 8.35. The third-order valence-electron chi connectivity index (χ3n) is 4.30. The quantitative estimate of drug-likeness (QED) is 0.758. The van der Waals surface area contributed by atoms with Crippen molar-refractivity contribution in [3.63, 3.8) is 0 Å². The van der Waals surface area contributed by atoms with Gasteiger partial charge in [0, 0.05) is 6.42 Å². The Morgan fingerprint density at radius 2 is 1.80 bits per heavy atom. The molecule has 1 heterocycles. The van der Waals surface area contributed by atoms with E-state index < -0.39 is 0 Å². The van der Waals surface area contributed by atoms with Crippen molar-refractivity contribution >= 4 is 17.5 Å². The SMILES string of the molecule is CCOc1ccc(N2C(=O)C[C@@H](Cc3ccccc3OC)C2=O)cc1. The standard InChI is InChI=1S/C20H21NO4/c1-3-25-17-10-8-16(9-11-17)21-19(22)13-15(20(21)23)12-14-6-4-5-7-18(14)24-2/h4-11,15H,3,12-13H2,1-2H3/t15-/m1/s1. The molecule has 3 rings (SSSR count). The van der Waals surface area contributed by atoms with Crippen LogP contribution >= 0.6 is 0 Å². The van der Waals surface area contributed by atoms with Crippen molar-refractivity contribution in [1.82, 2.24) is 0 Å². The second-order valence-corrected chi connectivity index (χ2v) is 5.91. The number of benzene rings is 2. The summed E-state index contributed by atoms with van der Waals surface area (Å²) in [5.41, 5.74) is 1.52. The third kappa shape index (κ3) is 3.50. The highest BCUT2D eigenvalue weighted by Crippen LogP contribution is 2.31. The molecule has 2 amide bonds. The summed E-state index contributed by atoms with van der Waals surface area (Å²) in [7, 11) is 1.60. The van der Waals surface area contributed by atoms with Gasteiger partial charge in [0.1, 0.15) is 11.5 Å². The fourth-order valence-corrected chi connectivity index (χ4v) is 3.12. The molecule has 1 aliphatic heterocycles. The van der Waals surface area contributed by atoms with Crippen LogP contribution in [0.5, 0.6) is 11.5 Å². The van der Waals surface area contributed by atoms with E-state index >= 15 is 0 Å². The van der Waals surface area contributed by atoms with Gasteiger partial charge in [-0.1, -0.05) is 18.2 Å². The van der Waals surface area contributed by atoms with Crippen LogP contribution < -0.4 is 14.4 Å². The first kappa shape index (κ1) is 17.0. The number of para-hydroxylation sites is 1. The van der Waals surface area contributed by atoms with Gasteiger partial charge in [-0.05, 0) is 49.2 Å². The van der Waals surface area contributed by atoms with Gasteiger partial charge in [-0.25, -0.2) is 0 Å². The van der Waals surface area contributed by atoms with E-state index in [0.717, 1.165) is 17.1 Å². The molecule has 1 fully saturated rings. The summed E-state index contributed by atoms with van der Waals surface area (Å²) in [6.45, 7) is 2.48. The predicted molar refractivity (Wildman–Crippen MR) is 94.9 cm³/mol. The van der Waals surface area contributed by atoms with Crippen molar-refractivity contribution in [3.05, 3.63) is 54.1 Å². The van der Waals surface area contributed by atoms with E-state index in [1.165, 1.54) is 4.90 Å². The number of carbonyl (C=O) groups is 2. The highest BCUT2D eigenvalue weighted by Gasteiger charge is 2.39. The van der Waals surface area contributed by atoms with Crippen molar-refractivity contribution in [2.24, 2.45) is 5.92 Å². The van der Waals surface area contributed by atoms with Crippen LogP contribution in [-0.2, 0) is 16.0 Å². The number of ether oxygens (including phenoxy) is 2. The average molecular weight is 339 g/mol. The zero-order valence-electron chi connectivity index (χ0n) is 14.4. The lowest BCUT2D eigenvalue weighted by molar-refractivity contribution is -0.122. The number of carbonyl (C=O) groups excluding carboxylic acids is 2. The summed E-state index contributed by atoms with van der Waals surface area (Å²) in [6.07, 6.45) is 0.701. The van der Waals surface area contributed by atoms with Gasteiger partial charge in [0.15, 0.2) is 0 Å². The highest BCUT2D eigenvalue weighted by atomic mass is 16.5. The van der Waals surface area contributed by atoms with Gasteiger partial charge < -0.3 is 9.47 Å². The maximum absolute atomic E-state index is 12.8.